The van der Waals surface area contributed by atoms with Gasteiger partial charge in [0.15, 0.2) is 0 Å². The predicted molar refractivity (Wildman–Crippen MR) is 68.1 cm³/mol. The second-order valence-electron chi connectivity index (χ2n) is 4.78. The highest BCUT2D eigenvalue weighted by atomic mass is 32.2. The van der Waals surface area contributed by atoms with Crippen LogP contribution >= 0.6 is 0 Å². The molecule has 1 fully saturated rings. The van der Waals surface area contributed by atoms with Gasteiger partial charge in [-0.05, 0) is 37.0 Å². The van der Waals surface area contributed by atoms with Crippen molar-refractivity contribution >= 4 is 15.7 Å². The quantitative estimate of drug-likeness (QED) is 0.803. The minimum atomic E-state index is -3.81. The van der Waals surface area contributed by atoms with Crippen molar-refractivity contribution in [2.75, 3.05) is 12.3 Å². The molecule has 0 atom stereocenters. The Kier molecular flexibility index (Phi) is 3.59. The van der Waals surface area contributed by atoms with E-state index in [1.54, 1.807) is 0 Å². The average Bonchev–Trinajstić information content (AvgIpc) is 3.07. The highest BCUT2D eigenvalue weighted by Crippen LogP contribution is 2.32. The molecular formula is C12H17FN2O2S. The van der Waals surface area contributed by atoms with E-state index in [9.17, 15) is 12.8 Å². The van der Waals surface area contributed by atoms with E-state index in [1.807, 2.05) is 0 Å². The molecule has 3 N–H and O–H groups in total. The molecule has 1 saturated carbocycles. The fourth-order valence-corrected chi connectivity index (χ4v) is 3.07. The van der Waals surface area contributed by atoms with Crippen LogP contribution in [0.15, 0.2) is 17.0 Å². The van der Waals surface area contributed by atoms with Gasteiger partial charge in [0.1, 0.15) is 10.7 Å². The van der Waals surface area contributed by atoms with Gasteiger partial charge in [0.05, 0.1) is 0 Å². The van der Waals surface area contributed by atoms with Gasteiger partial charge in [-0.3, -0.25) is 0 Å². The topological polar surface area (TPSA) is 72.2 Å². The summed E-state index contributed by atoms with van der Waals surface area (Å²) in [4.78, 5) is -0.365. The molecule has 0 aromatic heterocycles. The van der Waals surface area contributed by atoms with Crippen LogP contribution in [0.1, 0.15) is 24.8 Å². The zero-order valence-corrected chi connectivity index (χ0v) is 11.1. The van der Waals surface area contributed by atoms with Crippen molar-refractivity contribution in [1.29, 1.82) is 0 Å². The van der Waals surface area contributed by atoms with Gasteiger partial charge < -0.3 is 5.73 Å². The molecule has 1 aliphatic rings. The van der Waals surface area contributed by atoms with Crippen molar-refractivity contribution in [3.8, 4) is 0 Å². The number of hydrogen-bond acceptors (Lipinski definition) is 3. The minimum absolute atomic E-state index is 0.234. The summed E-state index contributed by atoms with van der Waals surface area (Å²) in [5.41, 5.74) is 6.03. The third-order valence-corrected chi connectivity index (χ3v) is 4.53. The summed E-state index contributed by atoms with van der Waals surface area (Å²) in [5, 5.41) is 0. The van der Waals surface area contributed by atoms with E-state index in [-0.39, 0.29) is 16.1 Å². The van der Waals surface area contributed by atoms with E-state index in [0.29, 0.717) is 12.5 Å². The summed E-state index contributed by atoms with van der Waals surface area (Å²) in [6.45, 7) is 1.84. The molecular weight excluding hydrogens is 255 g/mol. The van der Waals surface area contributed by atoms with Crippen LogP contribution in [0.25, 0.3) is 0 Å². The lowest BCUT2D eigenvalue weighted by Crippen LogP contribution is -2.26. The smallest absolute Gasteiger partial charge is 0.243 e. The molecule has 4 nitrogen and oxygen atoms in total. The Labute approximate surface area is 106 Å². The second-order valence-corrected chi connectivity index (χ2v) is 6.52. The van der Waals surface area contributed by atoms with Gasteiger partial charge in [-0.1, -0.05) is 12.8 Å². The highest BCUT2D eigenvalue weighted by molar-refractivity contribution is 7.89. The standard InChI is InChI=1S/C12H17FN2O2S/c1-8-6-10(14)7-11(12(8)13)18(16,17)15-5-4-9-2-3-9/h6-7,9,15H,2-5,14H2,1H3. The Balaban J connectivity index is 2.17. The summed E-state index contributed by atoms with van der Waals surface area (Å²) in [5.74, 6) is -0.108. The van der Waals surface area contributed by atoms with Gasteiger partial charge in [0.2, 0.25) is 10.0 Å². The summed E-state index contributed by atoms with van der Waals surface area (Å²) in [7, 11) is -3.81. The van der Waals surface area contributed by atoms with Gasteiger partial charge in [0, 0.05) is 12.2 Å². The Morgan fingerprint density at radius 3 is 2.72 bits per heavy atom. The number of benzene rings is 1. The monoisotopic (exact) mass is 272 g/mol. The van der Waals surface area contributed by atoms with E-state index in [4.69, 9.17) is 5.73 Å². The molecule has 18 heavy (non-hydrogen) atoms. The van der Waals surface area contributed by atoms with Crippen LogP contribution in [-0.2, 0) is 10.0 Å². The first-order chi connectivity index (χ1) is 8.40. The molecule has 0 heterocycles. The molecule has 0 radical (unpaired) electrons. The van der Waals surface area contributed by atoms with E-state index < -0.39 is 15.8 Å². The lowest BCUT2D eigenvalue weighted by molar-refractivity contribution is 0.550. The fraction of sp³-hybridized carbons (Fsp3) is 0.500. The average molecular weight is 272 g/mol. The zero-order chi connectivity index (χ0) is 13.3. The number of sulfonamides is 1. The predicted octanol–water partition coefficient (Wildman–Crippen LogP) is 1.79. The molecule has 0 unspecified atom stereocenters. The zero-order valence-electron chi connectivity index (χ0n) is 10.2. The van der Waals surface area contributed by atoms with Crippen molar-refractivity contribution in [3.05, 3.63) is 23.5 Å². The number of nitrogens with two attached hydrogens (primary N) is 1. The summed E-state index contributed by atoms with van der Waals surface area (Å²) < 4.78 is 40.1. The Hall–Kier alpha value is -1.14. The number of anilines is 1. The van der Waals surface area contributed by atoms with E-state index in [2.05, 4.69) is 4.72 Å². The first-order valence-electron chi connectivity index (χ1n) is 5.95. The number of nitrogen functional groups attached to an aromatic ring is 1. The second kappa shape index (κ2) is 4.85. The fourth-order valence-electron chi connectivity index (χ4n) is 1.84. The molecule has 0 amide bonds. The SMILES string of the molecule is Cc1cc(N)cc(S(=O)(=O)NCCC2CC2)c1F. The first kappa shape index (κ1) is 13.3. The van der Waals surface area contributed by atoms with Gasteiger partial charge >= 0.3 is 0 Å². The molecule has 0 saturated heterocycles. The molecule has 1 aromatic carbocycles. The summed E-state index contributed by atoms with van der Waals surface area (Å²) >= 11 is 0. The van der Waals surface area contributed by atoms with Crippen molar-refractivity contribution in [3.63, 3.8) is 0 Å². The van der Waals surface area contributed by atoms with Crippen LogP contribution in [0.4, 0.5) is 10.1 Å². The van der Waals surface area contributed by atoms with Gasteiger partial charge in [-0.2, -0.15) is 0 Å². The number of aryl methyl sites for hydroxylation is 1. The first-order valence-corrected chi connectivity index (χ1v) is 7.44. The van der Waals surface area contributed by atoms with Crippen molar-refractivity contribution in [1.82, 2.24) is 4.72 Å². The van der Waals surface area contributed by atoms with Gasteiger partial charge in [-0.25, -0.2) is 17.5 Å². The molecule has 1 aliphatic carbocycles. The molecule has 0 spiro atoms. The number of nitrogens with one attached hydrogen (secondary N) is 1. The molecule has 100 valence electrons. The maximum Gasteiger partial charge on any atom is 0.243 e. The largest absolute Gasteiger partial charge is 0.399 e. The van der Waals surface area contributed by atoms with Gasteiger partial charge in [-0.15, -0.1) is 0 Å². The molecule has 0 bridgehead atoms. The van der Waals surface area contributed by atoms with Crippen LogP contribution in [0.2, 0.25) is 0 Å². The van der Waals surface area contributed by atoms with E-state index in [0.717, 1.165) is 25.3 Å². The van der Waals surface area contributed by atoms with Crippen LogP contribution in [0, 0.1) is 18.7 Å². The number of rotatable bonds is 5. The minimum Gasteiger partial charge on any atom is -0.399 e. The van der Waals surface area contributed by atoms with Crippen LogP contribution in [0.3, 0.4) is 0 Å². The molecule has 0 aliphatic heterocycles. The maximum absolute atomic E-state index is 13.8. The third kappa shape index (κ3) is 3.00. The third-order valence-electron chi connectivity index (χ3n) is 3.07. The Morgan fingerprint density at radius 2 is 2.11 bits per heavy atom. The summed E-state index contributed by atoms with van der Waals surface area (Å²) in [6, 6.07) is 2.57. The lowest BCUT2D eigenvalue weighted by Gasteiger charge is -2.09. The molecule has 6 heteroatoms. The normalized spacial score (nSPS) is 15.9. The Morgan fingerprint density at radius 1 is 1.44 bits per heavy atom. The van der Waals surface area contributed by atoms with Crippen LogP contribution in [-0.4, -0.2) is 15.0 Å². The molecule has 1 aromatic rings. The number of halogens is 1. The Bertz CT molecular complexity index is 553. The van der Waals surface area contributed by atoms with E-state index >= 15 is 0 Å². The van der Waals surface area contributed by atoms with Crippen LogP contribution < -0.4 is 10.5 Å². The molecule has 2 rings (SSSR count). The van der Waals surface area contributed by atoms with Crippen molar-refractivity contribution in [2.45, 2.75) is 31.1 Å². The van der Waals surface area contributed by atoms with Crippen molar-refractivity contribution < 1.29 is 12.8 Å². The lowest BCUT2D eigenvalue weighted by atomic mass is 10.2. The number of hydrogen-bond donors (Lipinski definition) is 2. The van der Waals surface area contributed by atoms with Gasteiger partial charge in [0.25, 0.3) is 0 Å². The van der Waals surface area contributed by atoms with Crippen molar-refractivity contribution in [2.24, 2.45) is 5.92 Å². The maximum atomic E-state index is 13.8. The van der Waals surface area contributed by atoms with E-state index in [1.165, 1.54) is 13.0 Å². The van der Waals surface area contributed by atoms with Crippen LogP contribution in [0.5, 0.6) is 0 Å². The summed E-state index contributed by atoms with van der Waals surface area (Å²) in [6.07, 6.45) is 3.13. The highest BCUT2D eigenvalue weighted by Gasteiger charge is 2.24.